The molecule has 0 bridgehead atoms. The topological polar surface area (TPSA) is 62.2 Å². The second-order valence-electron chi connectivity index (χ2n) is 9.63. The van der Waals surface area contributed by atoms with Gasteiger partial charge in [0.1, 0.15) is 0 Å². The molecule has 0 spiro atoms. The van der Waals surface area contributed by atoms with Crippen molar-refractivity contribution in [3.05, 3.63) is 112 Å². The first-order chi connectivity index (χ1) is 18.3. The van der Waals surface area contributed by atoms with Gasteiger partial charge >= 0.3 is 0 Å². The lowest BCUT2D eigenvalue weighted by molar-refractivity contribution is -0.116. The third-order valence-electron chi connectivity index (χ3n) is 6.93. The van der Waals surface area contributed by atoms with Crippen LogP contribution in [0, 0.1) is 20.8 Å². The van der Waals surface area contributed by atoms with Crippen LogP contribution in [0.4, 0.5) is 5.69 Å². The molecule has 0 radical (unpaired) electrons. The Hall–Kier alpha value is -3.49. The van der Waals surface area contributed by atoms with E-state index in [0.29, 0.717) is 18.1 Å². The van der Waals surface area contributed by atoms with E-state index in [1.807, 2.05) is 61.5 Å². The zero-order valence-electron chi connectivity index (χ0n) is 21.6. The first-order valence-corrected chi connectivity index (χ1v) is 13.8. The average molecular weight is 589 g/mol. The number of hydrogen-bond donors (Lipinski definition) is 2. The molecule has 8 heteroatoms. The van der Waals surface area contributed by atoms with Gasteiger partial charge in [-0.05, 0) is 92.6 Å². The van der Waals surface area contributed by atoms with Crippen LogP contribution in [0.3, 0.4) is 0 Å². The van der Waals surface area contributed by atoms with Crippen LogP contribution in [0.25, 0.3) is 5.69 Å². The SMILES string of the molecule is Cc1cccc(NC(=O)CCN2C(=S)NC(c3ccccn3)C2c2cc(C)n(-c3cccc(Br)c3)c2C)c1. The van der Waals surface area contributed by atoms with Crippen molar-refractivity contribution in [2.75, 3.05) is 11.9 Å². The minimum absolute atomic E-state index is 0.0435. The van der Waals surface area contributed by atoms with Crippen LogP contribution >= 0.6 is 28.1 Å². The van der Waals surface area contributed by atoms with Gasteiger partial charge in [-0.3, -0.25) is 9.78 Å². The summed E-state index contributed by atoms with van der Waals surface area (Å²) in [6, 6.07) is 24.0. The number of anilines is 1. The van der Waals surface area contributed by atoms with Crippen molar-refractivity contribution in [1.29, 1.82) is 0 Å². The van der Waals surface area contributed by atoms with Gasteiger partial charge in [0.05, 0.1) is 17.8 Å². The monoisotopic (exact) mass is 587 g/mol. The number of nitrogens with zero attached hydrogens (tertiary/aromatic N) is 3. The average Bonchev–Trinajstić information content (AvgIpc) is 3.37. The molecule has 38 heavy (non-hydrogen) atoms. The van der Waals surface area contributed by atoms with Crippen molar-refractivity contribution in [2.24, 2.45) is 0 Å². The molecule has 1 aliphatic heterocycles. The van der Waals surface area contributed by atoms with Crippen LogP contribution in [0.2, 0.25) is 0 Å². The molecule has 1 saturated heterocycles. The van der Waals surface area contributed by atoms with Crippen LogP contribution in [-0.2, 0) is 4.79 Å². The first-order valence-electron chi connectivity index (χ1n) is 12.6. The molecule has 2 N–H and O–H groups in total. The Morgan fingerprint density at radius 3 is 2.61 bits per heavy atom. The molecule has 0 aliphatic carbocycles. The van der Waals surface area contributed by atoms with Gasteiger partial charge in [0.25, 0.3) is 0 Å². The van der Waals surface area contributed by atoms with Gasteiger partial charge < -0.3 is 20.1 Å². The molecule has 1 amide bonds. The van der Waals surface area contributed by atoms with Crippen molar-refractivity contribution >= 4 is 44.9 Å². The predicted octanol–water partition coefficient (Wildman–Crippen LogP) is 6.56. The normalized spacial score (nSPS) is 16.9. The van der Waals surface area contributed by atoms with Crippen molar-refractivity contribution in [3.63, 3.8) is 0 Å². The molecule has 4 aromatic rings. The second kappa shape index (κ2) is 11.1. The molecule has 2 aromatic heterocycles. The highest BCUT2D eigenvalue weighted by molar-refractivity contribution is 9.10. The number of benzene rings is 2. The Morgan fingerprint density at radius 1 is 1.05 bits per heavy atom. The molecule has 1 aliphatic rings. The van der Waals surface area contributed by atoms with Gasteiger partial charge in [-0.2, -0.15) is 0 Å². The number of thiocarbonyl (C=S) groups is 1. The summed E-state index contributed by atoms with van der Waals surface area (Å²) in [6.45, 7) is 6.76. The van der Waals surface area contributed by atoms with E-state index in [1.165, 1.54) is 0 Å². The van der Waals surface area contributed by atoms with Crippen molar-refractivity contribution in [3.8, 4) is 5.69 Å². The van der Waals surface area contributed by atoms with Crippen molar-refractivity contribution in [1.82, 2.24) is 19.8 Å². The molecular formula is C30H30BrN5OS. The molecule has 1 fully saturated rings. The number of amides is 1. The Morgan fingerprint density at radius 2 is 1.87 bits per heavy atom. The lowest BCUT2D eigenvalue weighted by Crippen LogP contribution is -2.32. The maximum absolute atomic E-state index is 12.9. The number of halogens is 1. The Bertz CT molecular complexity index is 1490. The van der Waals surface area contributed by atoms with E-state index >= 15 is 0 Å². The lowest BCUT2D eigenvalue weighted by Gasteiger charge is -2.28. The van der Waals surface area contributed by atoms with E-state index in [-0.39, 0.29) is 18.0 Å². The van der Waals surface area contributed by atoms with Crippen LogP contribution in [0.1, 0.15) is 46.7 Å². The largest absolute Gasteiger partial charge is 0.352 e. The standard InChI is InChI=1S/C30H30BrN5OS/c1-19-8-6-10-23(16-19)33-27(37)13-15-35-29(28(34-30(35)38)26-12-4-5-14-32-26)25-17-20(2)36(21(25)3)24-11-7-9-22(31)18-24/h4-12,14,16-18,28-29H,13,15H2,1-3H3,(H,33,37)(H,34,38). The van der Waals surface area contributed by atoms with E-state index in [0.717, 1.165) is 44.1 Å². The number of carbonyl (C=O) groups is 1. The number of hydrogen-bond acceptors (Lipinski definition) is 3. The maximum atomic E-state index is 12.9. The number of pyridine rings is 1. The summed E-state index contributed by atoms with van der Waals surface area (Å²) in [4.78, 5) is 19.7. The quantitative estimate of drug-likeness (QED) is 0.240. The van der Waals surface area contributed by atoms with Gasteiger partial charge in [0.15, 0.2) is 5.11 Å². The van der Waals surface area contributed by atoms with Crippen molar-refractivity contribution in [2.45, 2.75) is 39.3 Å². The minimum atomic E-state index is -0.139. The van der Waals surface area contributed by atoms with Crippen LogP contribution < -0.4 is 10.6 Å². The fraction of sp³-hybridized carbons (Fsp3) is 0.233. The van der Waals surface area contributed by atoms with E-state index < -0.39 is 0 Å². The van der Waals surface area contributed by atoms with Gasteiger partial charge in [-0.1, -0.05) is 40.2 Å². The van der Waals surface area contributed by atoms with E-state index in [1.54, 1.807) is 6.20 Å². The lowest BCUT2D eigenvalue weighted by atomic mass is 9.96. The van der Waals surface area contributed by atoms with Crippen LogP contribution in [0.5, 0.6) is 0 Å². The predicted molar refractivity (Wildman–Crippen MR) is 160 cm³/mol. The van der Waals surface area contributed by atoms with Crippen LogP contribution in [-0.4, -0.2) is 32.0 Å². The molecule has 194 valence electrons. The van der Waals surface area contributed by atoms with E-state index in [4.69, 9.17) is 12.2 Å². The summed E-state index contributed by atoms with van der Waals surface area (Å²) in [5.41, 5.74) is 7.33. The number of rotatable bonds is 7. The summed E-state index contributed by atoms with van der Waals surface area (Å²) in [5, 5.41) is 7.15. The highest BCUT2D eigenvalue weighted by Crippen LogP contribution is 2.41. The summed E-state index contributed by atoms with van der Waals surface area (Å²) in [5.74, 6) is -0.0435. The fourth-order valence-corrected chi connectivity index (χ4v) is 5.97. The number of nitrogens with one attached hydrogen (secondary N) is 2. The molecule has 6 nitrogen and oxygen atoms in total. The van der Waals surface area contributed by atoms with Crippen LogP contribution in [0.15, 0.2) is 83.5 Å². The Kier molecular flexibility index (Phi) is 7.63. The van der Waals surface area contributed by atoms with Gasteiger partial charge in [-0.25, -0.2) is 0 Å². The highest BCUT2D eigenvalue weighted by atomic mass is 79.9. The molecule has 2 unspecified atom stereocenters. The molecule has 0 saturated carbocycles. The molecule has 2 aromatic carbocycles. The Balaban J connectivity index is 1.47. The Labute approximate surface area is 237 Å². The summed E-state index contributed by atoms with van der Waals surface area (Å²) in [6.07, 6.45) is 2.12. The van der Waals surface area contributed by atoms with E-state index in [2.05, 4.69) is 73.1 Å². The van der Waals surface area contributed by atoms with Crippen molar-refractivity contribution < 1.29 is 4.79 Å². The first kappa shape index (κ1) is 26.1. The minimum Gasteiger partial charge on any atom is -0.352 e. The fourth-order valence-electron chi connectivity index (χ4n) is 5.25. The van der Waals surface area contributed by atoms with Gasteiger partial charge in [0.2, 0.25) is 5.91 Å². The molecular weight excluding hydrogens is 558 g/mol. The maximum Gasteiger partial charge on any atom is 0.226 e. The third-order valence-corrected chi connectivity index (χ3v) is 7.78. The number of aryl methyl sites for hydroxylation is 2. The van der Waals surface area contributed by atoms with Gasteiger partial charge in [0, 0.05) is 46.4 Å². The van der Waals surface area contributed by atoms with Gasteiger partial charge in [-0.15, -0.1) is 0 Å². The summed E-state index contributed by atoms with van der Waals surface area (Å²) >= 11 is 9.44. The third kappa shape index (κ3) is 5.37. The highest BCUT2D eigenvalue weighted by Gasteiger charge is 2.41. The number of aromatic nitrogens is 2. The second-order valence-corrected chi connectivity index (χ2v) is 10.9. The molecule has 5 rings (SSSR count). The molecule has 2 atom stereocenters. The summed E-state index contributed by atoms with van der Waals surface area (Å²) in [7, 11) is 0. The number of carbonyl (C=O) groups excluding carboxylic acids is 1. The smallest absolute Gasteiger partial charge is 0.226 e. The van der Waals surface area contributed by atoms with E-state index in [9.17, 15) is 4.79 Å². The molecule has 3 heterocycles. The summed E-state index contributed by atoms with van der Waals surface area (Å²) < 4.78 is 3.29. The zero-order chi connectivity index (χ0) is 26.8. The zero-order valence-corrected chi connectivity index (χ0v) is 24.0.